The highest BCUT2D eigenvalue weighted by molar-refractivity contribution is 7.98. The fourth-order valence-corrected chi connectivity index (χ4v) is 2.67. The number of hydrogen-bond acceptors (Lipinski definition) is 6. The molecule has 0 saturated heterocycles. The molecule has 0 rings (SSSR count). The average molecular weight is 328 g/mol. The lowest BCUT2D eigenvalue weighted by molar-refractivity contribution is -0.123. The molecule has 0 spiro atoms. The van der Waals surface area contributed by atoms with E-state index in [-0.39, 0.29) is 18.9 Å². The molecule has 9 heteroatoms. The number of sulfonamides is 1. The molecule has 0 heterocycles. The zero-order valence-corrected chi connectivity index (χ0v) is 13.7. The number of thioether (sulfide) groups is 1. The lowest BCUT2D eigenvalue weighted by atomic mass is 10.2. The Morgan fingerprint density at radius 3 is 2.60 bits per heavy atom. The summed E-state index contributed by atoms with van der Waals surface area (Å²) in [6.45, 7) is 1.64. The third kappa shape index (κ3) is 8.75. The van der Waals surface area contributed by atoms with Crippen molar-refractivity contribution in [3.63, 3.8) is 0 Å². The molecule has 0 saturated carbocycles. The van der Waals surface area contributed by atoms with Crippen LogP contribution in [0.3, 0.4) is 0 Å². The average Bonchev–Trinajstić information content (AvgIpc) is 2.41. The summed E-state index contributed by atoms with van der Waals surface area (Å²) in [7, 11) is -2.00. The van der Waals surface area contributed by atoms with Crippen molar-refractivity contribution in [1.82, 2.24) is 10.0 Å². The maximum atomic E-state index is 12.0. The zero-order chi connectivity index (χ0) is 15.6. The lowest BCUT2D eigenvalue weighted by Crippen LogP contribution is -2.49. The van der Waals surface area contributed by atoms with Crippen LogP contribution in [0.25, 0.3) is 0 Å². The molecule has 0 aliphatic rings. The van der Waals surface area contributed by atoms with Crippen molar-refractivity contribution in [2.75, 3.05) is 38.0 Å². The minimum Gasteiger partial charge on any atom is -0.389 e. The molecule has 0 aromatic heterocycles. The summed E-state index contributed by atoms with van der Waals surface area (Å²) in [6.07, 6.45) is 1.46. The molecule has 0 radical (unpaired) electrons. The first kappa shape index (κ1) is 19.7. The van der Waals surface area contributed by atoms with Gasteiger partial charge < -0.3 is 15.2 Å². The van der Waals surface area contributed by atoms with Gasteiger partial charge in [0, 0.05) is 13.7 Å². The van der Waals surface area contributed by atoms with Crippen LogP contribution in [0.5, 0.6) is 0 Å². The van der Waals surface area contributed by atoms with Gasteiger partial charge in [-0.25, -0.2) is 13.1 Å². The van der Waals surface area contributed by atoms with E-state index in [9.17, 15) is 18.3 Å². The van der Waals surface area contributed by atoms with Gasteiger partial charge in [0.2, 0.25) is 15.9 Å². The maximum Gasteiger partial charge on any atom is 0.238 e. The minimum atomic E-state index is -3.45. The van der Waals surface area contributed by atoms with Gasteiger partial charge in [-0.2, -0.15) is 11.8 Å². The first-order chi connectivity index (χ1) is 9.36. The summed E-state index contributed by atoms with van der Waals surface area (Å²) in [5.74, 6) is 0.138. The number of nitrogens with one attached hydrogen (secondary N) is 2. The summed E-state index contributed by atoms with van der Waals surface area (Å²) < 4.78 is 30.2. The molecule has 7 nitrogen and oxygen atoms in total. The quantitative estimate of drug-likeness (QED) is 0.457. The number of carbonyl (C=O) groups excluding carboxylic acids is 1. The van der Waals surface area contributed by atoms with Gasteiger partial charge in [-0.1, -0.05) is 0 Å². The largest absolute Gasteiger partial charge is 0.389 e. The Kier molecular flexibility index (Phi) is 10.2. The third-order valence-corrected chi connectivity index (χ3v) is 4.55. The molecule has 20 heavy (non-hydrogen) atoms. The molecule has 2 atom stereocenters. The van der Waals surface area contributed by atoms with Gasteiger partial charge in [0.1, 0.15) is 6.04 Å². The van der Waals surface area contributed by atoms with Gasteiger partial charge in [-0.05, 0) is 25.4 Å². The summed E-state index contributed by atoms with van der Waals surface area (Å²) in [4.78, 5) is 12.0. The number of rotatable bonds is 11. The van der Waals surface area contributed by atoms with Gasteiger partial charge in [0.05, 0.1) is 18.5 Å². The van der Waals surface area contributed by atoms with E-state index < -0.39 is 28.1 Å². The Hall–Kier alpha value is -0.350. The van der Waals surface area contributed by atoms with Crippen molar-refractivity contribution >= 4 is 27.7 Å². The molecule has 0 bridgehead atoms. The van der Waals surface area contributed by atoms with Gasteiger partial charge >= 0.3 is 0 Å². The Morgan fingerprint density at radius 2 is 2.10 bits per heavy atom. The van der Waals surface area contributed by atoms with Crippen LogP contribution in [0.4, 0.5) is 0 Å². The second-order valence-electron chi connectivity index (χ2n) is 4.21. The van der Waals surface area contributed by atoms with Crippen molar-refractivity contribution in [3.05, 3.63) is 0 Å². The van der Waals surface area contributed by atoms with Crippen molar-refractivity contribution in [2.45, 2.75) is 25.5 Å². The summed E-state index contributed by atoms with van der Waals surface area (Å²) >= 11 is 1.53. The lowest BCUT2D eigenvalue weighted by Gasteiger charge is -2.19. The van der Waals surface area contributed by atoms with Crippen molar-refractivity contribution in [2.24, 2.45) is 0 Å². The Bertz CT molecular complexity index is 375. The molecule has 3 N–H and O–H groups in total. The Morgan fingerprint density at radius 1 is 1.45 bits per heavy atom. The third-order valence-electron chi connectivity index (χ3n) is 2.50. The number of amides is 1. The number of carbonyl (C=O) groups is 1. The van der Waals surface area contributed by atoms with E-state index in [2.05, 4.69) is 10.0 Å². The molecule has 2 unspecified atom stereocenters. The Balaban J connectivity index is 4.49. The van der Waals surface area contributed by atoms with E-state index in [1.165, 1.54) is 25.8 Å². The number of ether oxygens (including phenoxy) is 1. The zero-order valence-electron chi connectivity index (χ0n) is 12.1. The molecule has 0 fully saturated rings. The molecule has 0 aliphatic carbocycles. The topological polar surface area (TPSA) is 105 Å². The van der Waals surface area contributed by atoms with Crippen LogP contribution in [0.15, 0.2) is 0 Å². The van der Waals surface area contributed by atoms with E-state index in [4.69, 9.17) is 4.74 Å². The normalized spacial score (nSPS) is 14.8. The van der Waals surface area contributed by atoms with Crippen LogP contribution < -0.4 is 10.0 Å². The molecule has 120 valence electrons. The predicted octanol–water partition coefficient (Wildman–Crippen LogP) is -0.829. The number of aliphatic hydroxyl groups is 1. The van der Waals surface area contributed by atoms with E-state index >= 15 is 0 Å². The number of hydrogen-bond donors (Lipinski definition) is 3. The molecule has 0 aliphatic heterocycles. The van der Waals surface area contributed by atoms with Gasteiger partial charge in [-0.3, -0.25) is 4.79 Å². The molecule has 1 amide bonds. The highest BCUT2D eigenvalue weighted by atomic mass is 32.2. The Labute approximate surface area is 124 Å². The predicted molar refractivity (Wildman–Crippen MR) is 80.3 cm³/mol. The number of methoxy groups -OCH3 is 1. The molecule has 0 aromatic carbocycles. The molecule has 0 aromatic rings. The van der Waals surface area contributed by atoms with Crippen LogP contribution >= 0.6 is 11.8 Å². The first-order valence-corrected chi connectivity index (χ1v) is 9.34. The van der Waals surface area contributed by atoms with Gasteiger partial charge in [-0.15, -0.1) is 0 Å². The number of aliphatic hydroxyl groups excluding tert-OH is 1. The standard InChI is InChI=1S/C11H24N2O5S2/c1-4-20(16,17)13-10(5-6-19-3)11(15)12-7-9(14)8-18-2/h9-10,13-14H,4-8H2,1-3H3,(H,12,15). The molecular weight excluding hydrogens is 304 g/mol. The smallest absolute Gasteiger partial charge is 0.238 e. The van der Waals surface area contributed by atoms with E-state index in [1.807, 2.05) is 6.26 Å². The fraction of sp³-hybridized carbons (Fsp3) is 0.909. The van der Waals surface area contributed by atoms with Crippen LogP contribution in [0.2, 0.25) is 0 Å². The van der Waals surface area contributed by atoms with Crippen LogP contribution in [0, 0.1) is 0 Å². The maximum absolute atomic E-state index is 12.0. The highest BCUT2D eigenvalue weighted by Gasteiger charge is 2.23. The SMILES string of the molecule is CCS(=O)(=O)NC(CCSC)C(=O)NCC(O)COC. The van der Waals surface area contributed by atoms with Gasteiger partial charge in [0.25, 0.3) is 0 Å². The van der Waals surface area contributed by atoms with E-state index in [0.717, 1.165) is 0 Å². The van der Waals surface area contributed by atoms with E-state index in [1.54, 1.807) is 0 Å². The van der Waals surface area contributed by atoms with Crippen molar-refractivity contribution < 1.29 is 23.1 Å². The summed E-state index contributed by atoms with van der Waals surface area (Å²) in [5.41, 5.74) is 0. The minimum absolute atomic E-state index is 0.0241. The van der Waals surface area contributed by atoms with Crippen LogP contribution in [0.1, 0.15) is 13.3 Å². The monoisotopic (exact) mass is 328 g/mol. The van der Waals surface area contributed by atoms with Crippen molar-refractivity contribution in [1.29, 1.82) is 0 Å². The van der Waals surface area contributed by atoms with E-state index in [0.29, 0.717) is 12.2 Å². The van der Waals surface area contributed by atoms with Crippen LogP contribution in [-0.2, 0) is 19.6 Å². The van der Waals surface area contributed by atoms with Crippen LogP contribution in [-0.4, -0.2) is 69.6 Å². The highest BCUT2D eigenvalue weighted by Crippen LogP contribution is 2.03. The second-order valence-corrected chi connectivity index (χ2v) is 7.24. The van der Waals surface area contributed by atoms with Crippen molar-refractivity contribution in [3.8, 4) is 0 Å². The first-order valence-electron chi connectivity index (χ1n) is 6.30. The molecular formula is C11H24N2O5S2. The summed E-state index contributed by atoms with van der Waals surface area (Å²) in [6, 6.07) is -0.817. The van der Waals surface area contributed by atoms with Gasteiger partial charge in [0.15, 0.2) is 0 Å². The fourth-order valence-electron chi connectivity index (χ4n) is 1.37. The second kappa shape index (κ2) is 10.4. The summed E-state index contributed by atoms with van der Waals surface area (Å²) in [5, 5.41) is 12.0.